The predicted molar refractivity (Wildman–Crippen MR) is 81.1 cm³/mol. The molecule has 0 bridgehead atoms. The standard InChI is InChI=1S/C16H19NO2S/c1-12-7-9-16(10-8-12)20(18,19)17-14(3)15-6-4-5-13(2)11-15/h4-11,14,17H,1-3H3. The summed E-state index contributed by atoms with van der Waals surface area (Å²) < 4.78 is 27.3. The van der Waals surface area contributed by atoms with Crippen LogP contribution < -0.4 is 4.72 Å². The van der Waals surface area contributed by atoms with Gasteiger partial charge >= 0.3 is 0 Å². The van der Waals surface area contributed by atoms with Crippen LogP contribution in [0, 0.1) is 13.8 Å². The molecule has 0 radical (unpaired) electrons. The third-order valence-corrected chi connectivity index (χ3v) is 4.76. The number of aryl methyl sites for hydroxylation is 2. The summed E-state index contributed by atoms with van der Waals surface area (Å²) in [6.45, 7) is 5.77. The smallest absolute Gasteiger partial charge is 0.207 e. The molecule has 0 amide bonds. The molecule has 0 aromatic heterocycles. The first kappa shape index (κ1) is 14.8. The Morgan fingerprint density at radius 1 is 0.950 bits per heavy atom. The summed E-state index contributed by atoms with van der Waals surface area (Å²) in [5.41, 5.74) is 3.11. The Balaban J connectivity index is 2.22. The minimum atomic E-state index is -3.49. The fourth-order valence-corrected chi connectivity index (χ4v) is 3.26. The summed E-state index contributed by atoms with van der Waals surface area (Å²) in [5, 5.41) is 0. The average molecular weight is 289 g/mol. The predicted octanol–water partition coefficient (Wildman–Crippen LogP) is 3.34. The second-order valence-electron chi connectivity index (χ2n) is 5.07. The van der Waals surface area contributed by atoms with Crippen LogP contribution in [-0.4, -0.2) is 8.42 Å². The fraction of sp³-hybridized carbons (Fsp3) is 0.250. The van der Waals surface area contributed by atoms with E-state index in [1.807, 2.05) is 45.0 Å². The summed E-state index contributed by atoms with van der Waals surface area (Å²) in [6.07, 6.45) is 0. The van der Waals surface area contributed by atoms with Gasteiger partial charge < -0.3 is 0 Å². The van der Waals surface area contributed by atoms with Gasteiger partial charge in [0.2, 0.25) is 10.0 Å². The van der Waals surface area contributed by atoms with E-state index in [0.29, 0.717) is 4.90 Å². The topological polar surface area (TPSA) is 46.2 Å². The average Bonchev–Trinajstić information content (AvgIpc) is 2.38. The van der Waals surface area contributed by atoms with Crippen molar-refractivity contribution in [1.82, 2.24) is 4.72 Å². The van der Waals surface area contributed by atoms with Crippen LogP contribution in [0.25, 0.3) is 0 Å². The van der Waals surface area contributed by atoms with Gasteiger partial charge in [-0.15, -0.1) is 0 Å². The molecule has 1 atom stereocenters. The Hall–Kier alpha value is -1.65. The van der Waals surface area contributed by atoms with Crippen LogP contribution in [0.15, 0.2) is 53.4 Å². The van der Waals surface area contributed by atoms with Gasteiger partial charge in [-0.1, -0.05) is 47.5 Å². The maximum atomic E-state index is 12.3. The minimum absolute atomic E-state index is 0.263. The Morgan fingerprint density at radius 2 is 1.60 bits per heavy atom. The van der Waals surface area contributed by atoms with Crippen LogP contribution in [0.4, 0.5) is 0 Å². The highest BCUT2D eigenvalue weighted by atomic mass is 32.2. The molecule has 0 spiro atoms. The monoisotopic (exact) mass is 289 g/mol. The molecule has 3 nitrogen and oxygen atoms in total. The number of nitrogens with one attached hydrogen (secondary N) is 1. The van der Waals surface area contributed by atoms with Gasteiger partial charge in [0.25, 0.3) is 0 Å². The summed E-state index contributed by atoms with van der Waals surface area (Å²) in [4.78, 5) is 0.294. The molecule has 1 N–H and O–H groups in total. The first-order chi connectivity index (χ1) is 9.38. The lowest BCUT2D eigenvalue weighted by Gasteiger charge is -2.15. The lowest BCUT2D eigenvalue weighted by atomic mass is 10.1. The zero-order chi connectivity index (χ0) is 14.8. The molecule has 2 aromatic rings. The lowest BCUT2D eigenvalue weighted by Crippen LogP contribution is -2.26. The van der Waals surface area contributed by atoms with Gasteiger partial charge in [-0.3, -0.25) is 0 Å². The van der Waals surface area contributed by atoms with Crippen LogP contribution in [0.2, 0.25) is 0 Å². The first-order valence-corrected chi connectivity index (χ1v) is 8.02. The Kier molecular flexibility index (Phi) is 4.26. The van der Waals surface area contributed by atoms with Gasteiger partial charge in [0.05, 0.1) is 4.90 Å². The maximum absolute atomic E-state index is 12.3. The first-order valence-electron chi connectivity index (χ1n) is 6.54. The zero-order valence-corrected chi connectivity index (χ0v) is 12.7. The van der Waals surface area contributed by atoms with Crippen molar-refractivity contribution in [3.05, 3.63) is 65.2 Å². The van der Waals surface area contributed by atoms with Gasteiger partial charge in [0.1, 0.15) is 0 Å². The Bertz CT molecular complexity index is 691. The van der Waals surface area contributed by atoms with Crippen molar-refractivity contribution in [3.63, 3.8) is 0 Å². The quantitative estimate of drug-likeness (QED) is 0.938. The van der Waals surface area contributed by atoms with Crippen molar-refractivity contribution in [3.8, 4) is 0 Å². The van der Waals surface area contributed by atoms with E-state index in [4.69, 9.17) is 0 Å². The highest BCUT2D eigenvalue weighted by Gasteiger charge is 2.18. The van der Waals surface area contributed by atoms with E-state index >= 15 is 0 Å². The van der Waals surface area contributed by atoms with E-state index in [-0.39, 0.29) is 6.04 Å². The number of sulfonamides is 1. The van der Waals surface area contributed by atoms with Crippen molar-refractivity contribution < 1.29 is 8.42 Å². The van der Waals surface area contributed by atoms with Gasteiger partial charge in [-0.2, -0.15) is 0 Å². The van der Waals surface area contributed by atoms with Crippen LogP contribution in [0.3, 0.4) is 0 Å². The molecule has 2 rings (SSSR count). The van der Waals surface area contributed by atoms with E-state index in [1.54, 1.807) is 24.3 Å². The van der Waals surface area contributed by atoms with E-state index in [2.05, 4.69) is 4.72 Å². The molecule has 0 fully saturated rings. The minimum Gasteiger partial charge on any atom is -0.207 e. The molecule has 0 saturated heterocycles. The molecule has 0 heterocycles. The molecule has 0 saturated carbocycles. The second kappa shape index (κ2) is 5.77. The SMILES string of the molecule is Cc1ccc(S(=O)(=O)NC(C)c2cccc(C)c2)cc1. The van der Waals surface area contributed by atoms with Crippen molar-refractivity contribution in [2.24, 2.45) is 0 Å². The van der Waals surface area contributed by atoms with Crippen molar-refractivity contribution in [2.45, 2.75) is 31.7 Å². The van der Waals surface area contributed by atoms with Crippen LogP contribution in [0.1, 0.15) is 29.7 Å². The Labute approximate surface area is 120 Å². The molecule has 20 heavy (non-hydrogen) atoms. The highest BCUT2D eigenvalue weighted by molar-refractivity contribution is 7.89. The normalized spacial score (nSPS) is 13.2. The zero-order valence-electron chi connectivity index (χ0n) is 11.9. The van der Waals surface area contributed by atoms with Gasteiger partial charge in [0, 0.05) is 6.04 Å². The molecule has 2 aromatic carbocycles. The molecular formula is C16H19NO2S. The van der Waals surface area contributed by atoms with Crippen molar-refractivity contribution >= 4 is 10.0 Å². The van der Waals surface area contributed by atoms with E-state index in [0.717, 1.165) is 16.7 Å². The molecule has 0 aliphatic rings. The van der Waals surface area contributed by atoms with Crippen LogP contribution in [-0.2, 0) is 10.0 Å². The summed E-state index contributed by atoms with van der Waals surface area (Å²) in [5.74, 6) is 0. The highest BCUT2D eigenvalue weighted by Crippen LogP contribution is 2.18. The number of rotatable bonds is 4. The van der Waals surface area contributed by atoms with Crippen LogP contribution in [0.5, 0.6) is 0 Å². The number of hydrogen-bond donors (Lipinski definition) is 1. The molecule has 0 aliphatic heterocycles. The van der Waals surface area contributed by atoms with Gasteiger partial charge in [0.15, 0.2) is 0 Å². The van der Waals surface area contributed by atoms with Crippen molar-refractivity contribution in [2.75, 3.05) is 0 Å². The summed E-state index contributed by atoms with van der Waals surface area (Å²) >= 11 is 0. The molecular weight excluding hydrogens is 270 g/mol. The van der Waals surface area contributed by atoms with Crippen molar-refractivity contribution in [1.29, 1.82) is 0 Å². The number of hydrogen-bond acceptors (Lipinski definition) is 2. The molecule has 4 heteroatoms. The largest absolute Gasteiger partial charge is 0.241 e. The molecule has 106 valence electrons. The number of benzene rings is 2. The third-order valence-electron chi connectivity index (χ3n) is 3.21. The van der Waals surface area contributed by atoms with E-state index < -0.39 is 10.0 Å². The summed E-state index contributed by atoms with van der Waals surface area (Å²) in [6, 6.07) is 14.4. The Morgan fingerprint density at radius 3 is 2.20 bits per heavy atom. The second-order valence-corrected chi connectivity index (χ2v) is 6.78. The molecule has 1 unspecified atom stereocenters. The fourth-order valence-electron chi connectivity index (χ4n) is 2.03. The van der Waals surface area contributed by atoms with E-state index in [9.17, 15) is 8.42 Å². The van der Waals surface area contributed by atoms with E-state index in [1.165, 1.54) is 0 Å². The van der Waals surface area contributed by atoms with Gasteiger partial charge in [-0.05, 0) is 38.5 Å². The maximum Gasteiger partial charge on any atom is 0.241 e. The third kappa shape index (κ3) is 3.46. The molecule has 0 aliphatic carbocycles. The lowest BCUT2D eigenvalue weighted by molar-refractivity contribution is 0.567. The summed E-state index contributed by atoms with van der Waals surface area (Å²) in [7, 11) is -3.49. The van der Waals surface area contributed by atoms with Gasteiger partial charge in [-0.25, -0.2) is 13.1 Å². The van der Waals surface area contributed by atoms with Crippen LogP contribution >= 0.6 is 0 Å².